The van der Waals surface area contributed by atoms with Crippen molar-refractivity contribution in [3.63, 3.8) is 0 Å². The fourth-order valence-corrected chi connectivity index (χ4v) is 3.06. The summed E-state index contributed by atoms with van der Waals surface area (Å²) >= 11 is 2.93. The van der Waals surface area contributed by atoms with E-state index >= 15 is 0 Å². The lowest BCUT2D eigenvalue weighted by atomic mass is 9.82. The Balaban J connectivity index is 2.38. The quantitative estimate of drug-likeness (QED) is 0.752. The largest absolute Gasteiger partial charge is 0.393 e. The van der Waals surface area contributed by atoms with Gasteiger partial charge in [-0.05, 0) is 18.8 Å². The number of rotatable bonds is 4. The lowest BCUT2D eigenvalue weighted by Crippen LogP contribution is -2.39. The number of hydrogen-bond donors (Lipinski definition) is 1. The summed E-state index contributed by atoms with van der Waals surface area (Å²) in [6.07, 6.45) is 1.23. The zero-order valence-electron chi connectivity index (χ0n) is 7.48. The molecule has 1 N–H and O–H groups in total. The number of aliphatic hydroxyl groups excluding tert-OH is 1. The Morgan fingerprint density at radius 3 is 2.46 bits per heavy atom. The van der Waals surface area contributed by atoms with Crippen LogP contribution in [0, 0.1) is 5.92 Å². The van der Waals surface area contributed by atoms with Crippen molar-refractivity contribution in [2.24, 2.45) is 5.92 Å². The summed E-state index contributed by atoms with van der Waals surface area (Å²) in [5, 5.41) is 9.01. The second-order valence-corrected chi connectivity index (χ2v) is 6.87. The van der Waals surface area contributed by atoms with E-state index in [9.17, 15) is 8.42 Å². The Bertz CT molecular complexity index is 261. The Hall–Kier alpha value is 0.350. The van der Waals surface area contributed by atoms with Crippen LogP contribution in [0.5, 0.6) is 0 Å². The molecule has 0 amide bonds. The van der Waals surface area contributed by atoms with Crippen LogP contribution in [0.1, 0.15) is 12.8 Å². The minimum absolute atomic E-state index is 0.0359. The van der Waals surface area contributed by atoms with Crippen LogP contribution in [0.3, 0.4) is 0 Å². The number of nitrogens with zero attached hydrogens (tertiary/aromatic N) is 1. The van der Waals surface area contributed by atoms with Crippen LogP contribution in [0.15, 0.2) is 0 Å². The fourth-order valence-electron chi connectivity index (χ4n) is 1.41. The molecule has 0 radical (unpaired) electrons. The molecule has 78 valence electrons. The van der Waals surface area contributed by atoms with E-state index in [0.717, 1.165) is 12.8 Å². The maximum atomic E-state index is 11.3. The first-order valence-electron chi connectivity index (χ1n) is 4.13. The van der Waals surface area contributed by atoms with Crippen molar-refractivity contribution in [3.8, 4) is 0 Å². The molecule has 0 heterocycles. The van der Waals surface area contributed by atoms with Crippen molar-refractivity contribution in [2.45, 2.75) is 18.9 Å². The number of halogens is 1. The highest BCUT2D eigenvalue weighted by Gasteiger charge is 2.30. The van der Waals surface area contributed by atoms with E-state index in [1.807, 2.05) is 0 Å². The first kappa shape index (κ1) is 11.4. The molecule has 0 aromatic rings. The van der Waals surface area contributed by atoms with Gasteiger partial charge in [0.1, 0.15) is 4.66 Å². The van der Waals surface area contributed by atoms with Crippen LogP contribution in [0.4, 0.5) is 0 Å². The fraction of sp³-hybridized carbons (Fsp3) is 1.00. The highest BCUT2D eigenvalue weighted by Crippen LogP contribution is 2.28. The third-order valence-corrected chi connectivity index (χ3v) is 5.45. The molecule has 0 aromatic carbocycles. The number of sulfonamides is 1. The third-order valence-electron chi connectivity index (χ3n) is 2.34. The average Bonchev–Trinajstić information content (AvgIpc) is 2.01. The summed E-state index contributed by atoms with van der Waals surface area (Å²) < 4.78 is 23.9. The summed E-state index contributed by atoms with van der Waals surface area (Å²) in [5.41, 5.74) is 0. The van der Waals surface area contributed by atoms with E-state index in [-0.39, 0.29) is 10.8 Å². The molecule has 1 aliphatic rings. The Morgan fingerprint density at radius 1 is 1.54 bits per heavy atom. The molecule has 0 aliphatic heterocycles. The molecule has 0 aromatic heterocycles. The molecule has 1 rings (SSSR count). The molecule has 0 atom stereocenters. The highest BCUT2D eigenvalue weighted by molar-refractivity contribution is 9.10. The number of hydrogen-bond acceptors (Lipinski definition) is 3. The van der Waals surface area contributed by atoms with Crippen molar-refractivity contribution in [3.05, 3.63) is 0 Å². The molecule has 0 saturated heterocycles. The standard InChI is InChI=1S/C7H14BrNO3S/c1-9(13(11,12)5-8)4-6-2-7(10)3-6/h6-7,10H,2-5H2,1H3. The summed E-state index contributed by atoms with van der Waals surface area (Å²) in [6.45, 7) is 0.519. The molecule has 4 nitrogen and oxygen atoms in total. The minimum Gasteiger partial charge on any atom is -0.393 e. The van der Waals surface area contributed by atoms with Crippen LogP contribution < -0.4 is 0 Å². The lowest BCUT2D eigenvalue weighted by molar-refractivity contribution is 0.0368. The third kappa shape index (κ3) is 2.90. The Morgan fingerprint density at radius 2 is 2.08 bits per heavy atom. The van der Waals surface area contributed by atoms with Gasteiger partial charge < -0.3 is 5.11 Å². The summed E-state index contributed by atoms with van der Waals surface area (Å²) in [6, 6.07) is 0. The van der Waals surface area contributed by atoms with Gasteiger partial charge in [-0.1, -0.05) is 15.9 Å². The molecule has 13 heavy (non-hydrogen) atoms. The van der Waals surface area contributed by atoms with Crippen LogP contribution in [-0.4, -0.2) is 42.2 Å². The van der Waals surface area contributed by atoms with Crippen molar-refractivity contribution < 1.29 is 13.5 Å². The summed E-state index contributed by atoms with van der Waals surface area (Å²) in [4.78, 5) is 0. The Labute approximate surface area is 87.1 Å². The van der Waals surface area contributed by atoms with E-state index < -0.39 is 10.0 Å². The molecule has 1 fully saturated rings. The second-order valence-electron chi connectivity index (χ2n) is 3.49. The minimum atomic E-state index is -3.12. The van der Waals surface area contributed by atoms with Gasteiger partial charge in [0.25, 0.3) is 0 Å². The zero-order valence-corrected chi connectivity index (χ0v) is 9.88. The molecule has 0 bridgehead atoms. The van der Waals surface area contributed by atoms with Crippen molar-refractivity contribution in [1.29, 1.82) is 0 Å². The van der Waals surface area contributed by atoms with Crippen LogP contribution in [-0.2, 0) is 10.0 Å². The predicted octanol–water partition coefficient (Wildman–Crippen LogP) is 0.371. The van der Waals surface area contributed by atoms with Crippen molar-refractivity contribution in [1.82, 2.24) is 4.31 Å². The van der Waals surface area contributed by atoms with Crippen molar-refractivity contribution >= 4 is 26.0 Å². The van der Waals surface area contributed by atoms with Gasteiger partial charge in [0.15, 0.2) is 0 Å². The number of alkyl halides is 1. The zero-order chi connectivity index (χ0) is 10.1. The van der Waals surface area contributed by atoms with Gasteiger partial charge in [0.05, 0.1) is 6.10 Å². The van der Waals surface area contributed by atoms with Crippen LogP contribution in [0.2, 0.25) is 0 Å². The van der Waals surface area contributed by atoms with Gasteiger partial charge in [0.2, 0.25) is 10.0 Å². The van der Waals surface area contributed by atoms with Gasteiger partial charge in [-0.3, -0.25) is 0 Å². The van der Waals surface area contributed by atoms with Gasteiger partial charge in [-0.2, -0.15) is 0 Å². The maximum Gasteiger partial charge on any atom is 0.223 e. The SMILES string of the molecule is CN(CC1CC(O)C1)S(=O)(=O)CBr. The van der Waals surface area contributed by atoms with E-state index in [2.05, 4.69) is 15.9 Å². The van der Waals surface area contributed by atoms with Crippen molar-refractivity contribution in [2.75, 3.05) is 18.3 Å². The highest BCUT2D eigenvalue weighted by atomic mass is 79.9. The molecule has 6 heteroatoms. The lowest BCUT2D eigenvalue weighted by Gasteiger charge is -2.33. The first-order chi connectivity index (χ1) is 5.95. The molecular formula is C7H14BrNO3S. The van der Waals surface area contributed by atoms with E-state index in [1.165, 1.54) is 4.31 Å². The Kier molecular flexibility index (Phi) is 3.73. The second kappa shape index (κ2) is 4.25. The first-order valence-corrected chi connectivity index (χ1v) is 6.87. The smallest absolute Gasteiger partial charge is 0.223 e. The van der Waals surface area contributed by atoms with Gasteiger partial charge in [0, 0.05) is 13.6 Å². The molecule has 0 spiro atoms. The molecular weight excluding hydrogens is 258 g/mol. The normalized spacial score (nSPS) is 28.9. The summed E-state index contributed by atoms with van der Waals surface area (Å²) in [5.74, 6) is 0.328. The van der Waals surface area contributed by atoms with Crippen LogP contribution in [0.25, 0.3) is 0 Å². The predicted molar refractivity (Wildman–Crippen MR) is 54.1 cm³/mol. The molecule has 0 unspecified atom stereocenters. The molecule has 1 saturated carbocycles. The average molecular weight is 272 g/mol. The van der Waals surface area contributed by atoms with Crippen LogP contribution >= 0.6 is 15.9 Å². The molecule has 1 aliphatic carbocycles. The van der Waals surface area contributed by atoms with Gasteiger partial charge in [-0.15, -0.1) is 0 Å². The summed E-state index contributed by atoms with van der Waals surface area (Å²) in [7, 11) is -1.55. The van der Waals surface area contributed by atoms with E-state index in [1.54, 1.807) is 7.05 Å². The van der Waals surface area contributed by atoms with E-state index in [0.29, 0.717) is 12.5 Å². The van der Waals surface area contributed by atoms with Gasteiger partial charge >= 0.3 is 0 Å². The number of aliphatic hydroxyl groups is 1. The monoisotopic (exact) mass is 271 g/mol. The topological polar surface area (TPSA) is 57.6 Å². The maximum absolute atomic E-state index is 11.3. The van der Waals surface area contributed by atoms with E-state index in [4.69, 9.17) is 5.11 Å². The van der Waals surface area contributed by atoms with Gasteiger partial charge in [-0.25, -0.2) is 12.7 Å².